The van der Waals surface area contributed by atoms with E-state index in [4.69, 9.17) is 21.4 Å². The Labute approximate surface area is 146 Å². The molecule has 0 heterocycles. The van der Waals surface area contributed by atoms with Gasteiger partial charge in [-0.25, -0.2) is 4.79 Å². The highest BCUT2D eigenvalue weighted by atomic mass is 35.5. The van der Waals surface area contributed by atoms with Gasteiger partial charge in [-0.2, -0.15) is 0 Å². The van der Waals surface area contributed by atoms with Crippen molar-refractivity contribution in [2.75, 3.05) is 0 Å². The van der Waals surface area contributed by atoms with Crippen LogP contribution in [-0.2, 0) is 4.79 Å². The summed E-state index contributed by atoms with van der Waals surface area (Å²) >= 11 is 5.95. The molecule has 0 aliphatic rings. The zero-order valence-electron chi connectivity index (χ0n) is 13.6. The van der Waals surface area contributed by atoms with Gasteiger partial charge in [0.25, 0.3) is 0 Å². The lowest BCUT2D eigenvalue weighted by Crippen LogP contribution is -2.05. The second kappa shape index (κ2) is 8.37. The van der Waals surface area contributed by atoms with Crippen molar-refractivity contribution in [3.05, 3.63) is 82.9 Å². The Morgan fingerprint density at radius 2 is 1.58 bits per heavy atom. The number of carbonyl (C=O) groups is 1. The highest BCUT2D eigenvalue weighted by Crippen LogP contribution is 2.27. The minimum absolute atomic E-state index is 0.112. The molecule has 0 radical (unpaired) electrons. The maximum atomic E-state index is 10.7. The summed E-state index contributed by atoms with van der Waals surface area (Å²) < 4.78 is 5.65. The van der Waals surface area contributed by atoms with Crippen LogP contribution in [0.2, 0.25) is 5.02 Å². The van der Waals surface area contributed by atoms with Crippen LogP contribution in [-0.4, -0.2) is 17.2 Å². The van der Waals surface area contributed by atoms with Crippen LogP contribution in [0.1, 0.15) is 25.0 Å². The van der Waals surface area contributed by atoms with Gasteiger partial charge in [-0.15, -0.1) is 0 Å². The Hall–Kier alpha value is -2.52. The molecule has 0 aromatic heterocycles. The number of carboxylic acids is 1. The Morgan fingerprint density at radius 1 is 1.04 bits per heavy atom. The first kappa shape index (κ1) is 17.8. The number of hydrogen-bond acceptors (Lipinski definition) is 2. The summed E-state index contributed by atoms with van der Waals surface area (Å²) in [6, 6.07) is 15.1. The van der Waals surface area contributed by atoms with Gasteiger partial charge in [0.1, 0.15) is 5.75 Å². The van der Waals surface area contributed by atoms with Crippen LogP contribution < -0.4 is 4.74 Å². The van der Waals surface area contributed by atoms with Crippen LogP contribution >= 0.6 is 11.6 Å². The lowest BCUT2D eigenvalue weighted by atomic mass is 9.97. The summed E-state index contributed by atoms with van der Waals surface area (Å²) in [7, 11) is 0. The number of rotatable bonds is 6. The molecular formula is C20H19ClO3. The first-order chi connectivity index (χ1) is 11.5. The van der Waals surface area contributed by atoms with Crippen molar-refractivity contribution in [2.45, 2.75) is 20.0 Å². The molecule has 0 saturated heterocycles. The van der Waals surface area contributed by atoms with E-state index < -0.39 is 5.97 Å². The van der Waals surface area contributed by atoms with E-state index in [0.29, 0.717) is 5.02 Å². The van der Waals surface area contributed by atoms with Crippen molar-refractivity contribution >= 4 is 23.1 Å². The third-order valence-electron chi connectivity index (χ3n) is 3.19. The summed E-state index contributed by atoms with van der Waals surface area (Å²) in [6.45, 7) is 3.95. The molecule has 0 unspecified atom stereocenters. The largest absolute Gasteiger partial charge is 0.491 e. The van der Waals surface area contributed by atoms with Crippen molar-refractivity contribution in [3.8, 4) is 5.75 Å². The fourth-order valence-corrected chi connectivity index (χ4v) is 2.33. The SMILES string of the molecule is CC(C)Oc1ccc(/C(=C\C=C\C(=O)O)c2ccc(Cl)cc2)cc1. The minimum atomic E-state index is -0.984. The van der Waals surface area contributed by atoms with Crippen LogP contribution in [0.15, 0.2) is 66.8 Å². The van der Waals surface area contributed by atoms with Gasteiger partial charge in [-0.3, -0.25) is 0 Å². The second-order valence-corrected chi connectivity index (χ2v) is 5.91. The van der Waals surface area contributed by atoms with Crippen molar-refractivity contribution < 1.29 is 14.6 Å². The second-order valence-electron chi connectivity index (χ2n) is 5.48. The Balaban J connectivity index is 2.38. The van der Waals surface area contributed by atoms with E-state index in [-0.39, 0.29) is 6.10 Å². The molecule has 0 saturated carbocycles. The zero-order valence-corrected chi connectivity index (χ0v) is 14.3. The number of ether oxygens (including phenoxy) is 1. The minimum Gasteiger partial charge on any atom is -0.491 e. The highest BCUT2D eigenvalue weighted by Gasteiger charge is 2.06. The number of aliphatic carboxylic acids is 1. The van der Waals surface area contributed by atoms with E-state index in [0.717, 1.165) is 28.5 Å². The van der Waals surface area contributed by atoms with Gasteiger partial charge < -0.3 is 9.84 Å². The van der Waals surface area contributed by atoms with Crippen LogP contribution in [0, 0.1) is 0 Å². The van der Waals surface area contributed by atoms with E-state index in [9.17, 15) is 4.79 Å². The van der Waals surface area contributed by atoms with Crippen LogP contribution in [0.25, 0.3) is 5.57 Å². The lowest BCUT2D eigenvalue weighted by Gasteiger charge is -2.12. The van der Waals surface area contributed by atoms with E-state index >= 15 is 0 Å². The van der Waals surface area contributed by atoms with Crippen molar-refractivity contribution in [1.29, 1.82) is 0 Å². The van der Waals surface area contributed by atoms with Crippen LogP contribution in [0.3, 0.4) is 0 Å². The molecule has 2 aromatic carbocycles. The van der Waals surface area contributed by atoms with E-state index in [1.54, 1.807) is 6.08 Å². The molecule has 4 heteroatoms. The normalized spacial score (nSPS) is 11.9. The number of carboxylic acid groups (broad SMARTS) is 1. The van der Waals surface area contributed by atoms with Crippen LogP contribution in [0.5, 0.6) is 5.75 Å². The van der Waals surface area contributed by atoms with E-state index in [1.807, 2.05) is 62.4 Å². The number of hydrogen-bond donors (Lipinski definition) is 1. The van der Waals surface area contributed by atoms with Gasteiger partial charge in [0, 0.05) is 11.1 Å². The lowest BCUT2D eigenvalue weighted by molar-refractivity contribution is -0.131. The Bertz CT molecular complexity index is 741. The Morgan fingerprint density at radius 3 is 2.08 bits per heavy atom. The van der Waals surface area contributed by atoms with Crippen LogP contribution in [0.4, 0.5) is 0 Å². The standard InChI is InChI=1S/C20H19ClO3/c1-14(2)24-18-12-8-16(9-13-18)19(4-3-5-20(22)23)15-6-10-17(21)11-7-15/h3-14H,1-2H3,(H,22,23)/b5-3+,19-4-. The molecule has 0 atom stereocenters. The maximum Gasteiger partial charge on any atom is 0.328 e. The predicted molar refractivity (Wildman–Crippen MR) is 97.5 cm³/mol. The third kappa shape index (κ3) is 5.28. The first-order valence-electron chi connectivity index (χ1n) is 7.60. The summed E-state index contributed by atoms with van der Waals surface area (Å²) in [5, 5.41) is 9.43. The number of benzene rings is 2. The molecular weight excluding hydrogens is 324 g/mol. The molecule has 2 aromatic rings. The summed E-state index contributed by atoms with van der Waals surface area (Å²) in [5.41, 5.74) is 2.82. The molecule has 0 bridgehead atoms. The monoisotopic (exact) mass is 342 g/mol. The zero-order chi connectivity index (χ0) is 17.5. The van der Waals surface area contributed by atoms with Gasteiger partial charge >= 0.3 is 5.97 Å². The maximum absolute atomic E-state index is 10.7. The molecule has 2 rings (SSSR count). The van der Waals surface area contributed by atoms with E-state index in [1.165, 1.54) is 6.08 Å². The molecule has 24 heavy (non-hydrogen) atoms. The summed E-state index contributed by atoms with van der Waals surface area (Å²) in [4.78, 5) is 10.7. The third-order valence-corrected chi connectivity index (χ3v) is 3.45. The summed E-state index contributed by atoms with van der Waals surface area (Å²) in [6.07, 6.45) is 4.51. The van der Waals surface area contributed by atoms with Crippen molar-refractivity contribution in [2.24, 2.45) is 0 Å². The molecule has 1 N–H and O–H groups in total. The van der Waals surface area contributed by atoms with Gasteiger partial charge in [-0.05, 0) is 54.8 Å². The molecule has 0 aliphatic heterocycles. The smallest absolute Gasteiger partial charge is 0.328 e. The molecule has 0 amide bonds. The first-order valence-corrected chi connectivity index (χ1v) is 7.98. The van der Waals surface area contributed by atoms with Gasteiger partial charge in [0.2, 0.25) is 0 Å². The quantitative estimate of drug-likeness (QED) is 0.579. The number of allylic oxidation sites excluding steroid dienone is 2. The molecule has 0 fully saturated rings. The average Bonchev–Trinajstić information content (AvgIpc) is 2.53. The van der Waals surface area contributed by atoms with Gasteiger partial charge in [-0.1, -0.05) is 48.0 Å². The molecule has 124 valence electrons. The number of halogens is 1. The predicted octanol–water partition coefficient (Wildman–Crippen LogP) is 5.20. The average molecular weight is 343 g/mol. The molecule has 0 aliphatic carbocycles. The fourth-order valence-electron chi connectivity index (χ4n) is 2.20. The van der Waals surface area contributed by atoms with Gasteiger partial charge in [0.15, 0.2) is 0 Å². The Kier molecular flexibility index (Phi) is 6.21. The van der Waals surface area contributed by atoms with Crippen molar-refractivity contribution in [3.63, 3.8) is 0 Å². The highest BCUT2D eigenvalue weighted by molar-refractivity contribution is 6.30. The van der Waals surface area contributed by atoms with Gasteiger partial charge in [0.05, 0.1) is 6.10 Å². The fraction of sp³-hybridized carbons (Fsp3) is 0.150. The molecule has 0 spiro atoms. The molecule has 3 nitrogen and oxygen atoms in total. The topological polar surface area (TPSA) is 46.5 Å². The van der Waals surface area contributed by atoms with Crippen molar-refractivity contribution in [1.82, 2.24) is 0 Å². The van der Waals surface area contributed by atoms with E-state index in [2.05, 4.69) is 0 Å². The summed E-state index contributed by atoms with van der Waals surface area (Å²) in [5.74, 6) is -0.187.